The summed E-state index contributed by atoms with van der Waals surface area (Å²) in [5, 5.41) is 9.42. The van der Waals surface area contributed by atoms with Crippen LogP contribution in [0.1, 0.15) is 29.3 Å². The maximum Gasteiger partial charge on any atom is 0.183 e. The lowest BCUT2D eigenvalue weighted by molar-refractivity contribution is 0.0788. The number of nitriles is 1. The Bertz CT molecular complexity index is 512. The van der Waals surface area contributed by atoms with Crippen molar-refractivity contribution in [3.63, 3.8) is 0 Å². The summed E-state index contributed by atoms with van der Waals surface area (Å²) in [6.45, 7) is 5.61. The van der Waals surface area contributed by atoms with E-state index in [0.29, 0.717) is 12.0 Å². The summed E-state index contributed by atoms with van der Waals surface area (Å²) >= 11 is 0. The standard InChI is InChI=1S/C15H15NO/c1-3-11(2)15(10-16)9-8-12-6-4-5-7-13(12)14(15)17/h3-7,11H,1,8-9H2,2H3/t11-,15-/m0/s1. The highest BCUT2D eigenvalue weighted by Crippen LogP contribution is 2.41. The van der Waals surface area contributed by atoms with Crippen LogP contribution in [0.5, 0.6) is 0 Å². The monoisotopic (exact) mass is 225 g/mol. The summed E-state index contributed by atoms with van der Waals surface area (Å²) in [7, 11) is 0. The number of rotatable bonds is 2. The molecular formula is C15H15NO. The lowest BCUT2D eigenvalue weighted by Crippen LogP contribution is -2.39. The Balaban J connectivity index is 2.53. The van der Waals surface area contributed by atoms with Crippen LogP contribution < -0.4 is 0 Å². The van der Waals surface area contributed by atoms with Gasteiger partial charge < -0.3 is 0 Å². The predicted octanol–water partition coefficient (Wildman–Crippen LogP) is 3.15. The Labute approximate surface area is 102 Å². The third-order valence-corrected chi connectivity index (χ3v) is 3.79. The Kier molecular flexibility index (Phi) is 2.85. The molecule has 2 nitrogen and oxygen atoms in total. The summed E-state index contributed by atoms with van der Waals surface area (Å²) < 4.78 is 0. The molecule has 1 aromatic rings. The average Bonchev–Trinajstić information content (AvgIpc) is 2.39. The number of fused-ring (bicyclic) bond motifs is 1. The number of nitrogens with zero attached hydrogens (tertiary/aromatic N) is 1. The molecule has 0 N–H and O–H groups in total. The number of carbonyl (C=O) groups is 1. The third-order valence-electron chi connectivity index (χ3n) is 3.79. The average molecular weight is 225 g/mol. The number of carbonyl (C=O) groups excluding carboxylic acids is 1. The predicted molar refractivity (Wildman–Crippen MR) is 66.5 cm³/mol. The molecule has 0 bridgehead atoms. The zero-order chi connectivity index (χ0) is 12.5. The second kappa shape index (κ2) is 4.18. The number of Topliss-reactive ketones (excluding diaryl/α,β-unsaturated/α-hetero) is 1. The van der Waals surface area contributed by atoms with Crippen molar-refractivity contribution in [3.05, 3.63) is 48.0 Å². The highest BCUT2D eigenvalue weighted by atomic mass is 16.1. The van der Waals surface area contributed by atoms with Gasteiger partial charge >= 0.3 is 0 Å². The van der Waals surface area contributed by atoms with Gasteiger partial charge in [-0.3, -0.25) is 4.79 Å². The molecule has 0 aromatic heterocycles. The van der Waals surface area contributed by atoms with Gasteiger partial charge in [-0.25, -0.2) is 0 Å². The zero-order valence-electron chi connectivity index (χ0n) is 9.94. The molecule has 0 aliphatic heterocycles. The van der Waals surface area contributed by atoms with Crippen molar-refractivity contribution in [1.82, 2.24) is 0 Å². The second-order valence-corrected chi connectivity index (χ2v) is 4.59. The summed E-state index contributed by atoms with van der Waals surface area (Å²) in [6.07, 6.45) is 3.08. The van der Waals surface area contributed by atoms with E-state index in [4.69, 9.17) is 0 Å². The van der Waals surface area contributed by atoms with Gasteiger partial charge in [-0.15, -0.1) is 6.58 Å². The summed E-state index contributed by atoms with van der Waals surface area (Å²) in [5.74, 6) is -0.164. The molecule has 0 unspecified atom stereocenters. The molecule has 2 heteroatoms. The Morgan fingerprint density at radius 3 is 2.88 bits per heavy atom. The molecule has 2 rings (SSSR count). The summed E-state index contributed by atoms with van der Waals surface area (Å²) in [5.41, 5.74) is 0.837. The number of hydrogen-bond donors (Lipinski definition) is 0. The van der Waals surface area contributed by atoms with Gasteiger partial charge in [0.2, 0.25) is 0 Å². The van der Waals surface area contributed by atoms with E-state index in [1.165, 1.54) is 0 Å². The van der Waals surface area contributed by atoms with Crippen molar-refractivity contribution < 1.29 is 4.79 Å². The van der Waals surface area contributed by atoms with Crippen LogP contribution in [0.2, 0.25) is 0 Å². The molecule has 0 saturated heterocycles. The molecule has 86 valence electrons. The van der Waals surface area contributed by atoms with Gasteiger partial charge in [0.15, 0.2) is 5.78 Å². The fourth-order valence-electron chi connectivity index (χ4n) is 2.49. The maximum atomic E-state index is 12.5. The second-order valence-electron chi connectivity index (χ2n) is 4.59. The minimum atomic E-state index is -0.921. The molecular weight excluding hydrogens is 210 g/mol. The number of benzene rings is 1. The van der Waals surface area contributed by atoms with E-state index < -0.39 is 5.41 Å². The summed E-state index contributed by atoms with van der Waals surface area (Å²) in [4.78, 5) is 12.5. The number of aryl methyl sites for hydroxylation is 1. The van der Waals surface area contributed by atoms with Gasteiger partial charge in [-0.1, -0.05) is 37.3 Å². The van der Waals surface area contributed by atoms with E-state index in [0.717, 1.165) is 12.0 Å². The van der Waals surface area contributed by atoms with Crippen molar-refractivity contribution >= 4 is 5.78 Å². The van der Waals surface area contributed by atoms with Crippen LogP contribution in [0.15, 0.2) is 36.9 Å². The van der Waals surface area contributed by atoms with Gasteiger partial charge in [-0.2, -0.15) is 5.26 Å². The van der Waals surface area contributed by atoms with Gasteiger partial charge in [0.25, 0.3) is 0 Å². The Morgan fingerprint density at radius 2 is 2.24 bits per heavy atom. The summed E-state index contributed by atoms with van der Waals surface area (Å²) in [6, 6.07) is 9.80. The normalized spacial score (nSPS) is 24.6. The molecule has 0 fully saturated rings. The van der Waals surface area contributed by atoms with Crippen LogP contribution in [0.3, 0.4) is 0 Å². The molecule has 1 aromatic carbocycles. The third kappa shape index (κ3) is 1.59. The van der Waals surface area contributed by atoms with Gasteiger partial charge in [0, 0.05) is 5.56 Å². The molecule has 1 aliphatic carbocycles. The van der Waals surface area contributed by atoms with Crippen molar-refractivity contribution in [2.45, 2.75) is 19.8 Å². The maximum absolute atomic E-state index is 12.5. The largest absolute Gasteiger partial charge is 0.292 e. The van der Waals surface area contributed by atoms with E-state index >= 15 is 0 Å². The topological polar surface area (TPSA) is 40.9 Å². The van der Waals surface area contributed by atoms with E-state index in [-0.39, 0.29) is 11.7 Å². The van der Waals surface area contributed by atoms with Crippen LogP contribution in [-0.4, -0.2) is 5.78 Å². The van der Waals surface area contributed by atoms with Crippen LogP contribution in [-0.2, 0) is 6.42 Å². The smallest absolute Gasteiger partial charge is 0.183 e. The first-order valence-corrected chi connectivity index (χ1v) is 5.82. The number of hydrogen-bond acceptors (Lipinski definition) is 2. The highest BCUT2D eigenvalue weighted by molar-refractivity contribution is 6.04. The van der Waals surface area contributed by atoms with Crippen LogP contribution in [0.25, 0.3) is 0 Å². The molecule has 0 amide bonds. The first-order valence-electron chi connectivity index (χ1n) is 5.82. The van der Waals surface area contributed by atoms with Crippen molar-refractivity contribution in [3.8, 4) is 6.07 Å². The lowest BCUT2D eigenvalue weighted by atomic mass is 9.65. The number of ketones is 1. The Hall–Kier alpha value is -1.88. The minimum Gasteiger partial charge on any atom is -0.292 e. The van der Waals surface area contributed by atoms with E-state index in [9.17, 15) is 10.1 Å². The molecule has 2 atom stereocenters. The molecule has 17 heavy (non-hydrogen) atoms. The Morgan fingerprint density at radius 1 is 1.53 bits per heavy atom. The van der Waals surface area contributed by atoms with Gasteiger partial charge in [0.05, 0.1) is 6.07 Å². The SMILES string of the molecule is C=C[C@H](C)[C@@]1(C#N)CCc2ccccc2C1=O. The molecule has 1 aliphatic rings. The van der Waals surface area contributed by atoms with Gasteiger partial charge in [-0.05, 0) is 24.3 Å². The van der Waals surface area contributed by atoms with Crippen LogP contribution in [0, 0.1) is 22.7 Å². The minimum absolute atomic E-state index is 0.0470. The van der Waals surface area contributed by atoms with Crippen LogP contribution >= 0.6 is 0 Å². The fraction of sp³-hybridized carbons (Fsp3) is 0.333. The van der Waals surface area contributed by atoms with E-state index in [1.54, 1.807) is 6.08 Å². The van der Waals surface area contributed by atoms with Crippen molar-refractivity contribution in [1.29, 1.82) is 5.26 Å². The quantitative estimate of drug-likeness (QED) is 0.725. The van der Waals surface area contributed by atoms with Gasteiger partial charge in [0.1, 0.15) is 5.41 Å². The lowest BCUT2D eigenvalue weighted by Gasteiger charge is -2.34. The number of allylic oxidation sites excluding steroid dienone is 1. The zero-order valence-corrected chi connectivity index (χ0v) is 9.94. The van der Waals surface area contributed by atoms with E-state index in [2.05, 4.69) is 12.6 Å². The first kappa shape index (κ1) is 11.6. The molecule has 0 heterocycles. The van der Waals surface area contributed by atoms with E-state index in [1.807, 2.05) is 31.2 Å². The van der Waals surface area contributed by atoms with Crippen LogP contribution in [0.4, 0.5) is 0 Å². The molecule has 0 radical (unpaired) electrons. The molecule has 0 spiro atoms. The molecule has 0 saturated carbocycles. The fourth-order valence-corrected chi connectivity index (χ4v) is 2.49. The van der Waals surface area contributed by atoms with Crippen molar-refractivity contribution in [2.75, 3.05) is 0 Å². The first-order chi connectivity index (χ1) is 8.15. The highest BCUT2D eigenvalue weighted by Gasteiger charge is 2.45. The van der Waals surface area contributed by atoms with Crippen molar-refractivity contribution in [2.24, 2.45) is 11.3 Å².